The molecule has 0 saturated carbocycles. The van der Waals surface area contributed by atoms with Crippen molar-refractivity contribution in [2.45, 2.75) is 40.2 Å². The highest BCUT2D eigenvalue weighted by molar-refractivity contribution is 7.11. The number of carbonyl (C=O) groups excluding carboxylic acids is 1. The number of thiazole rings is 1. The number of nitrogens with two attached hydrogens (primary N) is 1. The van der Waals surface area contributed by atoms with E-state index in [1.807, 2.05) is 13.1 Å². The third kappa shape index (κ3) is 5.60. The van der Waals surface area contributed by atoms with Crippen molar-refractivity contribution in [3.05, 3.63) is 16.1 Å². The van der Waals surface area contributed by atoms with E-state index in [1.165, 1.54) is 0 Å². The number of hydrogen-bond acceptors (Lipinski definition) is 4. The van der Waals surface area contributed by atoms with Crippen molar-refractivity contribution < 1.29 is 4.79 Å². The van der Waals surface area contributed by atoms with Crippen molar-refractivity contribution in [2.75, 3.05) is 6.54 Å². The minimum Gasteiger partial charge on any atom is -0.351 e. The minimum absolute atomic E-state index is 0.0807. The smallest absolute Gasteiger partial charge is 0.220 e. The summed E-state index contributed by atoms with van der Waals surface area (Å²) in [5.74, 6) is 0.945. The molecule has 0 fully saturated rings. The fraction of sp³-hybridized carbons (Fsp3) is 0.692. The van der Waals surface area contributed by atoms with Crippen molar-refractivity contribution in [2.24, 2.45) is 17.6 Å². The highest BCUT2D eigenvalue weighted by Crippen LogP contribution is 2.15. The van der Waals surface area contributed by atoms with Crippen molar-refractivity contribution in [1.29, 1.82) is 0 Å². The van der Waals surface area contributed by atoms with Crippen LogP contribution in [-0.2, 0) is 11.3 Å². The van der Waals surface area contributed by atoms with E-state index in [9.17, 15) is 4.79 Å². The normalized spacial score (nSPS) is 12.7. The van der Waals surface area contributed by atoms with Gasteiger partial charge in [-0.05, 0) is 31.7 Å². The van der Waals surface area contributed by atoms with E-state index in [-0.39, 0.29) is 11.8 Å². The van der Waals surface area contributed by atoms with Crippen LogP contribution in [0.4, 0.5) is 0 Å². The molecule has 3 N–H and O–H groups in total. The monoisotopic (exact) mass is 269 g/mol. The number of hydrogen-bond donors (Lipinski definition) is 2. The Morgan fingerprint density at radius 1 is 1.56 bits per heavy atom. The minimum atomic E-state index is 0.0807. The van der Waals surface area contributed by atoms with Crippen molar-refractivity contribution in [3.8, 4) is 0 Å². The lowest BCUT2D eigenvalue weighted by molar-refractivity contribution is -0.122. The fourth-order valence-electron chi connectivity index (χ4n) is 1.94. The number of amides is 1. The van der Waals surface area contributed by atoms with Gasteiger partial charge < -0.3 is 11.1 Å². The average Bonchev–Trinajstić information content (AvgIpc) is 2.71. The number of aryl methyl sites for hydroxylation is 1. The predicted molar refractivity (Wildman–Crippen MR) is 75.3 cm³/mol. The molecule has 1 atom stereocenters. The van der Waals surface area contributed by atoms with E-state index in [1.54, 1.807) is 11.3 Å². The molecule has 1 aromatic rings. The van der Waals surface area contributed by atoms with E-state index in [2.05, 4.69) is 24.1 Å². The molecule has 0 aliphatic heterocycles. The number of carbonyl (C=O) groups is 1. The molecule has 0 radical (unpaired) electrons. The van der Waals surface area contributed by atoms with Gasteiger partial charge in [-0.3, -0.25) is 4.79 Å². The lowest BCUT2D eigenvalue weighted by Crippen LogP contribution is -2.28. The number of nitrogens with one attached hydrogen (secondary N) is 1. The molecule has 0 aliphatic rings. The molecule has 4 nitrogen and oxygen atoms in total. The maximum absolute atomic E-state index is 11.8. The molecule has 1 amide bonds. The molecule has 18 heavy (non-hydrogen) atoms. The topological polar surface area (TPSA) is 68.0 Å². The van der Waals surface area contributed by atoms with Gasteiger partial charge in [0.15, 0.2) is 0 Å². The van der Waals surface area contributed by atoms with Gasteiger partial charge in [0.1, 0.15) is 0 Å². The third-order valence-electron chi connectivity index (χ3n) is 2.74. The molecule has 0 bridgehead atoms. The van der Waals surface area contributed by atoms with Gasteiger partial charge in [0.25, 0.3) is 0 Å². The molecule has 1 unspecified atom stereocenters. The zero-order chi connectivity index (χ0) is 13.5. The van der Waals surface area contributed by atoms with Crippen LogP contribution in [0.1, 0.15) is 36.6 Å². The molecule has 0 spiro atoms. The summed E-state index contributed by atoms with van der Waals surface area (Å²) in [5, 5.41) is 3.95. The van der Waals surface area contributed by atoms with Crippen LogP contribution in [0.5, 0.6) is 0 Å². The van der Waals surface area contributed by atoms with E-state index >= 15 is 0 Å². The van der Waals surface area contributed by atoms with Gasteiger partial charge in [-0.15, -0.1) is 11.3 Å². The van der Waals surface area contributed by atoms with Crippen LogP contribution in [0.2, 0.25) is 0 Å². The Morgan fingerprint density at radius 3 is 2.78 bits per heavy atom. The Labute approximate surface area is 113 Å². The summed E-state index contributed by atoms with van der Waals surface area (Å²) in [6.45, 7) is 7.42. The molecule has 1 rings (SSSR count). The van der Waals surface area contributed by atoms with Crippen LogP contribution < -0.4 is 11.1 Å². The van der Waals surface area contributed by atoms with E-state index < -0.39 is 0 Å². The Balaban J connectivity index is 2.32. The highest BCUT2D eigenvalue weighted by atomic mass is 32.1. The van der Waals surface area contributed by atoms with E-state index in [4.69, 9.17) is 5.73 Å². The SMILES string of the molecule is Cc1ncc(CNC(=O)CC(CN)CC(C)C)s1. The summed E-state index contributed by atoms with van der Waals surface area (Å²) >= 11 is 1.61. The van der Waals surface area contributed by atoms with Crippen molar-refractivity contribution in [3.63, 3.8) is 0 Å². The summed E-state index contributed by atoms with van der Waals surface area (Å²) in [7, 11) is 0. The van der Waals surface area contributed by atoms with E-state index in [0.29, 0.717) is 25.4 Å². The van der Waals surface area contributed by atoms with Gasteiger partial charge in [0.2, 0.25) is 5.91 Å². The summed E-state index contributed by atoms with van der Waals surface area (Å²) in [4.78, 5) is 17.0. The molecule has 102 valence electrons. The second-order valence-electron chi connectivity index (χ2n) is 5.06. The summed E-state index contributed by atoms with van der Waals surface area (Å²) < 4.78 is 0. The van der Waals surface area contributed by atoms with Crippen LogP contribution in [0.15, 0.2) is 6.20 Å². The standard InChI is InChI=1S/C13H23N3OS/c1-9(2)4-11(6-14)5-13(17)16-8-12-7-15-10(3)18-12/h7,9,11H,4-6,8,14H2,1-3H3,(H,16,17). The first kappa shape index (κ1) is 15.1. The molecule has 0 aliphatic carbocycles. The zero-order valence-corrected chi connectivity index (χ0v) is 12.2. The van der Waals surface area contributed by atoms with Crippen molar-refractivity contribution >= 4 is 17.2 Å². The second-order valence-corrected chi connectivity index (χ2v) is 6.38. The quantitative estimate of drug-likeness (QED) is 0.796. The van der Waals surface area contributed by atoms with Gasteiger partial charge in [0.05, 0.1) is 11.6 Å². The summed E-state index contributed by atoms with van der Waals surface area (Å²) in [6, 6.07) is 0. The molecular formula is C13H23N3OS. The van der Waals surface area contributed by atoms with Gasteiger partial charge in [0, 0.05) is 17.5 Å². The van der Waals surface area contributed by atoms with Gasteiger partial charge >= 0.3 is 0 Å². The van der Waals surface area contributed by atoms with Gasteiger partial charge in [-0.25, -0.2) is 4.98 Å². The average molecular weight is 269 g/mol. The second kappa shape index (κ2) is 7.48. The maximum atomic E-state index is 11.8. The van der Waals surface area contributed by atoms with E-state index in [0.717, 1.165) is 16.3 Å². The lowest BCUT2D eigenvalue weighted by Gasteiger charge is -2.16. The highest BCUT2D eigenvalue weighted by Gasteiger charge is 2.14. The third-order valence-corrected chi connectivity index (χ3v) is 3.65. The fourth-order valence-corrected chi connectivity index (χ4v) is 2.67. The Bertz CT molecular complexity index is 376. The maximum Gasteiger partial charge on any atom is 0.220 e. The Hall–Kier alpha value is -0.940. The van der Waals surface area contributed by atoms with Crippen LogP contribution in [0, 0.1) is 18.8 Å². The largest absolute Gasteiger partial charge is 0.351 e. The zero-order valence-electron chi connectivity index (χ0n) is 11.4. The van der Waals surface area contributed by atoms with Gasteiger partial charge in [-0.1, -0.05) is 13.8 Å². The van der Waals surface area contributed by atoms with Crippen molar-refractivity contribution in [1.82, 2.24) is 10.3 Å². The first-order valence-corrected chi connectivity index (χ1v) is 7.21. The lowest BCUT2D eigenvalue weighted by atomic mass is 9.94. The Kier molecular flexibility index (Phi) is 6.29. The molecule has 5 heteroatoms. The predicted octanol–water partition coefficient (Wildman–Crippen LogP) is 2.08. The number of rotatable bonds is 7. The molecule has 1 aromatic heterocycles. The number of nitrogens with zero attached hydrogens (tertiary/aromatic N) is 1. The van der Waals surface area contributed by atoms with Crippen LogP contribution in [-0.4, -0.2) is 17.4 Å². The first-order valence-electron chi connectivity index (χ1n) is 6.39. The molecule has 0 aromatic carbocycles. The summed E-state index contributed by atoms with van der Waals surface area (Å²) in [5.41, 5.74) is 5.69. The Morgan fingerprint density at radius 2 is 2.28 bits per heavy atom. The first-order chi connectivity index (χ1) is 8.51. The van der Waals surface area contributed by atoms with Crippen LogP contribution >= 0.6 is 11.3 Å². The van der Waals surface area contributed by atoms with Gasteiger partial charge in [-0.2, -0.15) is 0 Å². The van der Waals surface area contributed by atoms with Crippen LogP contribution in [0.25, 0.3) is 0 Å². The molecular weight excluding hydrogens is 246 g/mol. The molecule has 0 saturated heterocycles. The number of aromatic nitrogens is 1. The van der Waals surface area contributed by atoms with Crippen LogP contribution in [0.3, 0.4) is 0 Å². The summed E-state index contributed by atoms with van der Waals surface area (Å²) in [6.07, 6.45) is 3.34. The molecule has 1 heterocycles.